The number of anilines is 1. The van der Waals surface area contributed by atoms with Gasteiger partial charge < -0.3 is 9.80 Å². The second-order valence-electron chi connectivity index (χ2n) is 10.0. The van der Waals surface area contributed by atoms with E-state index >= 15 is 0 Å². The molecule has 2 heterocycles. The number of carbonyl (C=O) groups is 2. The molecule has 2 amide bonds. The molecule has 3 saturated carbocycles. The Balaban J connectivity index is 1.05. The quantitative estimate of drug-likeness (QED) is 0.793. The fourth-order valence-corrected chi connectivity index (χ4v) is 7.10. The summed E-state index contributed by atoms with van der Waals surface area (Å²) in [4.78, 5) is 32.5. The number of aryl methyl sites for hydroxylation is 1. The first-order chi connectivity index (χ1) is 14.1. The van der Waals surface area contributed by atoms with Gasteiger partial charge in [-0.2, -0.15) is 0 Å². The highest BCUT2D eigenvalue weighted by molar-refractivity contribution is 5.99. The predicted molar refractivity (Wildman–Crippen MR) is 111 cm³/mol. The van der Waals surface area contributed by atoms with E-state index in [9.17, 15) is 9.59 Å². The van der Waals surface area contributed by atoms with Crippen molar-refractivity contribution in [2.75, 3.05) is 37.6 Å². The standard InChI is InChI=1S/C24H31N3O2/c1-15-2-6-18(7-3-15)27-9-8-19(23(27)28)25-10-12-26(13-11-25)24(29)22-20-16-4-5-17(14-16)21(20)22/h2-3,6-7,16-17,19-22H,4-5,8-14H2,1H3/t16-,17+,19?,20+,21-,22?. The molecule has 2 aliphatic heterocycles. The molecule has 1 aromatic carbocycles. The minimum absolute atomic E-state index is 0.0234. The maximum Gasteiger partial charge on any atom is 0.244 e. The van der Waals surface area contributed by atoms with Crippen LogP contribution in [0.4, 0.5) is 5.69 Å². The van der Waals surface area contributed by atoms with E-state index in [0.717, 1.165) is 68.5 Å². The van der Waals surface area contributed by atoms with Gasteiger partial charge in [-0.25, -0.2) is 0 Å². The van der Waals surface area contributed by atoms with Gasteiger partial charge in [0.1, 0.15) is 0 Å². The number of hydrogen-bond acceptors (Lipinski definition) is 3. The van der Waals surface area contributed by atoms with Crippen LogP contribution in [-0.2, 0) is 9.59 Å². The van der Waals surface area contributed by atoms with Crippen LogP contribution in [-0.4, -0.2) is 60.4 Å². The zero-order valence-electron chi connectivity index (χ0n) is 17.3. The topological polar surface area (TPSA) is 43.9 Å². The Morgan fingerprint density at radius 3 is 2.21 bits per heavy atom. The summed E-state index contributed by atoms with van der Waals surface area (Å²) in [6.07, 6.45) is 5.01. The number of fused-ring (bicyclic) bond motifs is 5. The van der Waals surface area contributed by atoms with E-state index < -0.39 is 0 Å². The first kappa shape index (κ1) is 17.9. The largest absolute Gasteiger partial charge is 0.340 e. The summed E-state index contributed by atoms with van der Waals surface area (Å²) < 4.78 is 0. The molecule has 2 bridgehead atoms. The molecule has 0 spiro atoms. The van der Waals surface area contributed by atoms with Gasteiger partial charge in [0, 0.05) is 44.3 Å². The van der Waals surface area contributed by atoms with E-state index in [-0.39, 0.29) is 11.9 Å². The van der Waals surface area contributed by atoms with Crippen LogP contribution in [0.2, 0.25) is 0 Å². The van der Waals surface area contributed by atoms with Gasteiger partial charge >= 0.3 is 0 Å². The predicted octanol–water partition coefficient (Wildman–Crippen LogP) is 2.54. The third-order valence-corrected chi connectivity index (χ3v) is 8.61. The molecule has 2 saturated heterocycles. The number of rotatable bonds is 3. The van der Waals surface area contributed by atoms with Gasteiger partial charge in [0.15, 0.2) is 0 Å². The Hall–Kier alpha value is -1.88. The maximum absolute atomic E-state index is 13.1. The number of nitrogens with zero attached hydrogens (tertiary/aromatic N) is 3. The number of amides is 2. The zero-order chi connectivity index (χ0) is 19.7. The van der Waals surface area contributed by atoms with Crippen LogP contribution < -0.4 is 4.90 Å². The van der Waals surface area contributed by atoms with Crippen molar-refractivity contribution in [2.45, 2.75) is 38.6 Å². The summed E-state index contributed by atoms with van der Waals surface area (Å²) in [6, 6.07) is 8.21. The van der Waals surface area contributed by atoms with Gasteiger partial charge in [-0.1, -0.05) is 17.7 Å². The first-order valence-electron chi connectivity index (χ1n) is 11.5. The lowest BCUT2D eigenvalue weighted by Gasteiger charge is -2.37. The van der Waals surface area contributed by atoms with Crippen LogP contribution in [0.3, 0.4) is 0 Å². The average molecular weight is 394 g/mol. The third kappa shape index (κ3) is 2.77. The Bertz CT molecular complexity index is 813. The summed E-state index contributed by atoms with van der Waals surface area (Å²) in [5.41, 5.74) is 2.22. The monoisotopic (exact) mass is 393 g/mol. The average Bonchev–Trinajstić information content (AvgIpc) is 3.02. The lowest BCUT2D eigenvalue weighted by Crippen LogP contribution is -2.54. The lowest BCUT2D eigenvalue weighted by molar-refractivity contribution is -0.136. The number of piperazine rings is 1. The van der Waals surface area contributed by atoms with Gasteiger partial charge in [0.05, 0.1) is 6.04 Å². The summed E-state index contributed by atoms with van der Waals surface area (Å²) >= 11 is 0. The SMILES string of the molecule is Cc1ccc(N2CCC(N3CCN(C(=O)C4[C@@H]5[C@H]6CC[C@H](C6)[C@H]45)CC3)C2=O)cc1. The molecule has 5 nitrogen and oxygen atoms in total. The molecule has 6 atom stereocenters. The van der Waals surface area contributed by atoms with Crippen LogP contribution in [0, 0.1) is 36.5 Å². The summed E-state index contributed by atoms with van der Waals surface area (Å²) in [5.74, 6) is 4.14. The van der Waals surface area contributed by atoms with Crippen LogP contribution >= 0.6 is 0 Å². The molecule has 1 aromatic rings. The highest BCUT2D eigenvalue weighted by atomic mass is 16.2. The molecular formula is C24H31N3O2. The molecule has 0 N–H and O–H groups in total. The molecule has 29 heavy (non-hydrogen) atoms. The summed E-state index contributed by atoms with van der Waals surface area (Å²) in [6.45, 7) is 6.10. The van der Waals surface area contributed by atoms with Crippen molar-refractivity contribution in [3.05, 3.63) is 29.8 Å². The molecular weight excluding hydrogens is 362 g/mol. The highest BCUT2D eigenvalue weighted by Gasteiger charge is 2.68. The summed E-state index contributed by atoms with van der Waals surface area (Å²) in [5, 5.41) is 0. The zero-order valence-corrected chi connectivity index (χ0v) is 17.3. The molecule has 0 aromatic heterocycles. The molecule has 3 aliphatic carbocycles. The minimum atomic E-state index is -0.0234. The minimum Gasteiger partial charge on any atom is -0.340 e. The Morgan fingerprint density at radius 1 is 0.897 bits per heavy atom. The van der Waals surface area contributed by atoms with Crippen LogP contribution in [0.1, 0.15) is 31.2 Å². The molecule has 0 radical (unpaired) electrons. The first-order valence-corrected chi connectivity index (χ1v) is 11.5. The second kappa shape index (κ2) is 6.56. The van der Waals surface area contributed by atoms with E-state index in [4.69, 9.17) is 0 Å². The molecule has 5 heteroatoms. The lowest BCUT2D eigenvalue weighted by atomic mass is 10.0. The normalized spacial score (nSPS) is 38.6. The maximum atomic E-state index is 13.1. The van der Waals surface area contributed by atoms with Gasteiger partial charge in [-0.15, -0.1) is 0 Å². The van der Waals surface area contributed by atoms with Gasteiger partial charge in [-0.05, 0) is 68.4 Å². The Morgan fingerprint density at radius 2 is 1.55 bits per heavy atom. The molecule has 2 unspecified atom stereocenters. The molecule has 5 fully saturated rings. The second-order valence-corrected chi connectivity index (χ2v) is 10.0. The van der Waals surface area contributed by atoms with Crippen molar-refractivity contribution in [3.8, 4) is 0 Å². The van der Waals surface area contributed by atoms with E-state index in [0.29, 0.717) is 11.8 Å². The van der Waals surface area contributed by atoms with Crippen molar-refractivity contribution < 1.29 is 9.59 Å². The van der Waals surface area contributed by atoms with Gasteiger partial charge in [-0.3, -0.25) is 14.5 Å². The van der Waals surface area contributed by atoms with Crippen molar-refractivity contribution in [1.29, 1.82) is 0 Å². The fraction of sp³-hybridized carbons (Fsp3) is 0.667. The molecule has 5 aliphatic rings. The van der Waals surface area contributed by atoms with Crippen molar-refractivity contribution in [3.63, 3.8) is 0 Å². The van der Waals surface area contributed by atoms with Crippen molar-refractivity contribution >= 4 is 17.5 Å². The fourth-order valence-electron chi connectivity index (χ4n) is 7.10. The Labute approximate surface area is 173 Å². The number of carbonyl (C=O) groups excluding carboxylic acids is 2. The van der Waals surface area contributed by atoms with Crippen LogP contribution in [0.25, 0.3) is 0 Å². The third-order valence-electron chi connectivity index (χ3n) is 8.61. The van der Waals surface area contributed by atoms with Gasteiger partial charge in [0.2, 0.25) is 11.8 Å². The number of benzene rings is 1. The highest BCUT2D eigenvalue weighted by Crippen LogP contribution is 2.69. The molecule has 154 valence electrons. The van der Waals surface area contributed by atoms with Crippen molar-refractivity contribution in [1.82, 2.24) is 9.80 Å². The van der Waals surface area contributed by atoms with E-state index in [2.05, 4.69) is 28.9 Å². The van der Waals surface area contributed by atoms with E-state index in [1.165, 1.54) is 24.8 Å². The smallest absolute Gasteiger partial charge is 0.244 e. The van der Waals surface area contributed by atoms with Crippen LogP contribution in [0.15, 0.2) is 24.3 Å². The van der Waals surface area contributed by atoms with E-state index in [1.807, 2.05) is 17.0 Å². The van der Waals surface area contributed by atoms with Gasteiger partial charge in [0.25, 0.3) is 0 Å². The van der Waals surface area contributed by atoms with Crippen LogP contribution in [0.5, 0.6) is 0 Å². The van der Waals surface area contributed by atoms with Crippen molar-refractivity contribution in [2.24, 2.45) is 29.6 Å². The van der Waals surface area contributed by atoms with E-state index in [1.54, 1.807) is 0 Å². The number of hydrogen-bond donors (Lipinski definition) is 0. The Kier molecular flexibility index (Phi) is 4.06. The summed E-state index contributed by atoms with van der Waals surface area (Å²) in [7, 11) is 0. The molecule has 6 rings (SSSR count).